The van der Waals surface area contributed by atoms with E-state index < -0.39 is 0 Å². The quantitative estimate of drug-likeness (QED) is 0.741. The maximum absolute atomic E-state index is 12.5. The van der Waals surface area contributed by atoms with E-state index in [1.807, 2.05) is 17.0 Å². The Hall–Kier alpha value is -0.690. The Morgan fingerprint density at radius 1 is 1.18 bits per heavy atom. The summed E-state index contributed by atoms with van der Waals surface area (Å²) in [5.74, 6) is 0.747. The fraction of sp³-hybridized carbons (Fsp3) is 0.938. The summed E-state index contributed by atoms with van der Waals surface area (Å²) >= 11 is 0. The molecule has 1 amide bonds. The van der Waals surface area contributed by atoms with Gasteiger partial charge in [-0.2, -0.15) is 10.1 Å². The Bertz CT molecular complexity index is 378. The molecule has 3 unspecified atom stereocenters. The fourth-order valence-corrected chi connectivity index (χ4v) is 2.91. The second kappa shape index (κ2) is 7.73. The molecule has 6 nitrogen and oxygen atoms in total. The van der Waals surface area contributed by atoms with E-state index in [1.54, 1.807) is 0 Å². The Morgan fingerprint density at radius 3 is 2.41 bits per heavy atom. The van der Waals surface area contributed by atoms with Gasteiger partial charge in [-0.05, 0) is 33.1 Å². The van der Waals surface area contributed by atoms with Crippen molar-refractivity contribution in [1.29, 1.82) is 0 Å². The lowest BCUT2D eigenvalue weighted by Crippen LogP contribution is -2.39. The smallest absolute Gasteiger partial charge is 0.229 e. The topological polar surface area (TPSA) is 45.3 Å². The van der Waals surface area contributed by atoms with Gasteiger partial charge in [0.15, 0.2) is 0 Å². The van der Waals surface area contributed by atoms with Gasteiger partial charge in [0.05, 0.1) is 19.1 Å². The lowest BCUT2D eigenvalue weighted by atomic mass is 10.1. The zero-order chi connectivity index (χ0) is 16.3. The normalized spacial score (nSPS) is 28.5. The predicted molar refractivity (Wildman–Crippen MR) is 84.8 cm³/mol. The third kappa shape index (κ3) is 4.41. The summed E-state index contributed by atoms with van der Waals surface area (Å²) in [4.78, 5) is 25.6. The molecule has 0 aromatic rings. The number of hydrogen-bond acceptors (Lipinski definition) is 5. The van der Waals surface area contributed by atoms with Crippen molar-refractivity contribution in [1.82, 2.24) is 15.0 Å². The van der Waals surface area contributed by atoms with Crippen LogP contribution in [0.3, 0.4) is 0 Å². The average Bonchev–Trinajstić information content (AvgIpc) is 3.12. The Labute approximate surface area is 134 Å². The minimum absolute atomic E-state index is 0.0363. The molecule has 3 atom stereocenters. The molecule has 2 rings (SSSR count). The summed E-state index contributed by atoms with van der Waals surface area (Å²) < 4.78 is 0. The molecule has 2 aliphatic rings. The molecule has 0 saturated carbocycles. The van der Waals surface area contributed by atoms with Crippen molar-refractivity contribution in [3.63, 3.8) is 0 Å². The number of carbonyl (C=O) groups is 1. The largest absolute Gasteiger partial charge is 0.345 e. The number of amides is 1. The van der Waals surface area contributed by atoms with Crippen molar-refractivity contribution >= 4 is 5.91 Å². The molecule has 2 aliphatic heterocycles. The van der Waals surface area contributed by atoms with Gasteiger partial charge < -0.3 is 4.90 Å². The highest BCUT2D eigenvalue weighted by atomic mass is 16.7. The standard InChI is InChI=1S/C16H31N3O3/c1-12(2)18-9-15(11-22-18)16(20)17(5)7-6-14(4)19-8-13(3)10-21-19/h12-15H,6-11H2,1-5H3. The first-order valence-electron chi connectivity index (χ1n) is 8.42. The molecular weight excluding hydrogens is 282 g/mol. The van der Waals surface area contributed by atoms with Crippen LogP contribution in [0.5, 0.6) is 0 Å². The van der Waals surface area contributed by atoms with Gasteiger partial charge in [-0.25, -0.2) is 0 Å². The van der Waals surface area contributed by atoms with Crippen LogP contribution in [-0.4, -0.2) is 72.9 Å². The van der Waals surface area contributed by atoms with Gasteiger partial charge in [0, 0.05) is 38.8 Å². The third-order valence-corrected chi connectivity index (χ3v) is 4.53. The lowest BCUT2D eigenvalue weighted by molar-refractivity contribution is -0.143. The van der Waals surface area contributed by atoms with Crippen LogP contribution in [0, 0.1) is 11.8 Å². The van der Waals surface area contributed by atoms with Crippen molar-refractivity contribution in [3.05, 3.63) is 0 Å². The molecule has 2 fully saturated rings. The van der Waals surface area contributed by atoms with E-state index >= 15 is 0 Å². The molecule has 2 saturated heterocycles. The van der Waals surface area contributed by atoms with E-state index in [-0.39, 0.29) is 11.8 Å². The van der Waals surface area contributed by atoms with E-state index in [9.17, 15) is 4.79 Å². The minimum atomic E-state index is -0.0363. The Morgan fingerprint density at radius 2 is 1.86 bits per heavy atom. The maximum Gasteiger partial charge on any atom is 0.229 e. The van der Waals surface area contributed by atoms with Gasteiger partial charge in [-0.1, -0.05) is 6.92 Å². The number of hydroxylamine groups is 4. The van der Waals surface area contributed by atoms with E-state index in [2.05, 4.69) is 32.8 Å². The second-order valence-electron chi connectivity index (χ2n) is 7.08. The highest BCUT2D eigenvalue weighted by Crippen LogP contribution is 2.19. The molecule has 0 radical (unpaired) electrons. The first-order valence-corrected chi connectivity index (χ1v) is 8.42. The zero-order valence-corrected chi connectivity index (χ0v) is 14.6. The van der Waals surface area contributed by atoms with Gasteiger partial charge in [-0.15, -0.1) is 0 Å². The van der Waals surface area contributed by atoms with Gasteiger partial charge in [0.25, 0.3) is 0 Å². The minimum Gasteiger partial charge on any atom is -0.345 e. The third-order valence-electron chi connectivity index (χ3n) is 4.53. The molecule has 2 heterocycles. The molecule has 128 valence electrons. The number of nitrogens with zero attached hydrogens (tertiary/aromatic N) is 3. The molecule has 0 bridgehead atoms. The molecule has 0 aromatic heterocycles. The summed E-state index contributed by atoms with van der Waals surface area (Å²) in [5, 5.41) is 3.96. The highest BCUT2D eigenvalue weighted by molar-refractivity contribution is 5.79. The molecule has 0 spiro atoms. The van der Waals surface area contributed by atoms with Crippen molar-refractivity contribution in [2.24, 2.45) is 11.8 Å². The van der Waals surface area contributed by atoms with Crippen LogP contribution >= 0.6 is 0 Å². The van der Waals surface area contributed by atoms with Gasteiger partial charge >= 0.3 is 0 Å². The van der Waals surface area contributed by atoms with E-state index in [0.717, 1.165) is 26.1 Å². The molecule has 0 aliphatic carbocycles. The van der Waals surface area contributed by atoms with Crippen molar-refractivity contribution in [2.75, 3.05) is 39.9 Å². The summed E-state index contributed by atoms with van der Waals surface area (Å²) in [6, 6.07) is 0.657. The van der Waals surface area contributed by atoms with Crippen LogP contribution in [-0.2, 0) is 14.5 Å². The van der Waals surface area contributed by atoms with E-state index in [4.69, 9.17) is 9.68 Å². The van der Waals surface area contributed by atoms with Gasteiger partial charge in [0.2, 0.25) is 5.91 Å². The van der Waals surface area contributed by atoms with E-state index in [1.165, 1.54) is 0 Å². The van der Waals surface area contributed by atoms with Crippen LogP contribution in [0.4, 0.5) is 0 Å². The number of hydrogen-bond donors (Lipinski definition) is 0. The Balaban J connectivity index is 1.72. The fourth-order valence-electron chi connectivity index (χ4n) is 2.91. The van der Waals surface area contributed by atoms with E-state index in [0.29, 0.717) is 31.2 Å². The van der Waals surface area contributed by atoms with Crippen molar-refractivity contribution in [3.8, 4) is 0 Å². The molecular formula is C16H31N3O3. The Kier molecular flexibility index (Phi) is 6.20. The highest BCUT2D eigenvalue weighted by Gasteiger charge is 2.33. The van der Waals surface area contributed by atoms with Crippen molar-refractivity contribution in [2.45, 2.75) is 46.2 Å². The monoisotopic (exact) mass is 313 g/mol. The number of carbonyl (C=O) groups excluding carboxylic acids is 1. The van der Waals surface area contributed by atoms with Crippen LogP contribution in [0.2, 0.25) is 0 Å². The van der Waals surface area contributed by atoms with Crippen LogP contribution in [0.1, 0.15) is 34.1 Å². The summed E-state index contributed by atoms with van der Waals surface area (Å²) in [7, 11) is 1.89. The molecule has 0 N–H and O–H groups in total. The predicted octanol–water partition coefficient (Wildman–Crippen LogP) is 1.38. The first-order chi connectivity index (χ1) is 10.4. The molecule has 22 heavy (non-hydrogen) atoms. The average molecular weight is 313 g/mol. The summed E-state index contributed by atoms with van der Waals surface area (Å²) in [6.45, 7) is 12.3. The second-order valence-corrected chi connectivity index (χ2v) is 7.08. The lowest BCUT2D eigenvalue weighted by Gasteiger charge is -2.26. The van der Waals surface area contributed by atoms with Crippen LogP contribution in [0.15, 0.2) is 0 Å². The SMILES string of the molecule is CC1CON(C(C)CCN(C)C(=O)C2CON(C(C)C)C2)C1. The van der Waals surface area contributed by atoms with Crippen molar-refractivity contribution < 1.29 is 14.5 Å². The van der Waals surface area contributed by atoms with Crippen LogP contribution < -0.4 is 0 Å². The summed E-state index contributed by atoms with van der Waals surface area (Å²) in [5.41, 5.74) is 0. The first kappa shape index (κ1) is 17.7. The zero-order valence-electron chi connectivity index (χ0n) is 14.6. The van der Waals surface area contributed by atoms with Gasteiger partial charge in [-0.3, -0.25) is 14.5 Å². The molecule has 6 heteroatoms. The number of rotatable bonds is 6. The maximum atomic E-state index is 12.5. The molecule has 0 aromatic carbocycles. The summed E-state index contributed by atoms with van der Waals surface area (Å²) in [6.07, 6.45) is 0.927. The van der Waals surface area contributed by atoms with Gasteiger partial charge in [0.1, 0.15) is 0 Å². The van der Waals surface area contributed by atoms with Crippen LogP contribution in [0.25, 0.3) is 0 Å².